The molecule has 0 unspecified atom stereocenters. The number of aromatic nitrogens is 2. The Balaban J connectivity index is 2.43. The van der Waals surface area contributed by atoms with Crippen molar-refractivity contribution in [2.75, 3.05) is 0 Å². The van der Waals surface area contributed by atoms with E-state index in [0.717, 1.165) is 22.0 Å². The van der Waals surface area contributed by atoms with Gasteiger partial charge in [0.05, 0.1) is 5.69 Å². The SMILES string of the molecule is S=c1[nH]nc(-c2ccsc2)c2ccccc12. The van der Waals surface area contributed by atoms with Crippen LogP contribution in [0.4, 0.5) is 0 Å². The third-order valence-corrected chi connectivity index (χ3v) is 3.49. The summed E-state index contributed by atoms with van der Waals surface area (Å²) in [5, 5.41) is 13.5. The summed E-state index contributed by atoms with van der Waals surface area (Å²) in [6.07, 6.45) is 0. The van der Waals surface area contributed by atoms with Crippen LogP contribution < -0.4 is 0 Å². The molecule has 2 aromatic heterocycles. The number of thiophene rings is 1. The quantitative estimate of drug-likeness (QED) is 0.655. The summed E-state index contributed by atoms with van der Waals surface area (Å²) in [5.74, 6) is 0. The maximum Gasteiger partial charge on any atom is 0.127 e. The van der Waals surface area contributed by atoms with Crippen molar-refractivity contribution >= 4 is 34.3 Å². The highest BCUT2D eigenvalue weighted by atomic mass is 32.1. The van der Waals surface area contributed by atoms with E-state index < -0.39 is 0 Å². The zero-order chi connectivity index (χ0) is 11.0. The molecule has 1 N–H and O–H groups in total. The van der Waals surface area contributed by atoms with E-state index in [0.29, 0.717) is 4.64 Å². The van der Waals surface area contributed by atoms with Crippen LogP contribution in [0.25, 0.3) is 22.0 Å². The van der Waals surface area contributed by atoms with Crippen molar-refractivity contribution in [1.82, 2.24) is 10.2 Å². The molecule has 3 aromatic rings. The fraction of sp³-hybridized carbons (Fsp3) is 0. The van der Waals surface area contributed by atoms with Crippen molar-refractivity contribution in [3.05, 3.63) is 45.7 Å². The van der Waals surface area contributed by atoms with Gasteiger partial charge in [-0.05, 0) is 11.4 Å². The van der Waals surface area contributed by atoms with E-state index in [2.05, 4.69) is 27.7 Å². The summed E-state index contributed by atoms with van der Waals surface area (Å²) in [7, 11) is 0. The molecular formula is C12H8N2S2. The minimum atomic E-state index is 0.689. The molecule has 0 bridgehead atoms. The van der Waals surface area contributed by atoms with Gasteiger partial charge in [0.15, 0.2) is 0 Å². The molecule has 78 valence electrons. The van der Waals surface area contributed by atoms with Crippen LogP contribution in [-0.4, -0.2) is 10.2 Å². The minimum absolute atomic E-state index is 0.689. The Kier molecular flexibility index (Phi) is 2.31. The Morgan fingerprint density at radius 1 is 1.12 bits per heavy atom. The van der Waals surface area contributed by atoms with Gasteiger partial charge in [0.1, 0.15) is 4.64 Å². The van der Waals surface area contributed by atoms with Crippen molar-refractivity contribution < 1.29 is 0 Å². The predicted octanol–water partition coefficient (Wildman–Crippen LogP) is 4.02. The third kappa shape index (κ3) is 1.47. The first-order valence-corrected chi connectivity index (χ1v) is 6.21. The van der Waals surface area contributed by atoms with E-state index in [9.17, 15) is 0 Å². The van der Waals surface area contributed by atoms with Crippen molar-refractivity contribution in [3.8, 4) is 11.3 Å². The second-order valence-electron chi connectivity index (χ2n) is 3.46. The molecule has 16 heavy (non-hydrogen) atoms. The van der Waals surface area contributed by atoms with E-state index in [1.165, 1.54) is 0 Å². The Morgan fingerprint density at radius 3 is 2.69 bits per heavy atom. The molecular weight excluding hydrogens is 236 g/mol. The van der Waals surface area contributed by atoms with Gasteiger partial charge in [-0.15, -0.1) is 0 Å². The number of nitrogens with zero attached hydrogens (tertiary/aromatic N) is 1. The summed E-state index contributed by atoms with van der Waals surface area (Å²) < 4.78 is 0.689. The first-order valence-electron chi connectivity index (χ1n) is 4.86. The van der Waals surface area contributed by atoms with Crippen molar-refractivity contribution in [2.45, 2.75) is 0 Å². The lowest BCUT2D eigenvalue weighted by Gasteiger charge is -2.03. The zero-order valence-electron chi connectivity index (χ0n) is 8.31. The Labute approximate surface area is 102 Å². The van der Waals surface area contributed by atoms with Crippen molar-refractivity contribution in [3.63, 3.8) is 0 Å². The molecule has 0 aliphatic heterocycles. The predicted molar refractivity (Wildman–Crippen MR) is 70.2 cm³/mol. The van der Waals surface area contributed by atoms with Gasteiger partial charge in [-0.3, -0.25) is 5.10 Å². The standard InChI is InChI=1S/C12H8N2S2/c15-12-10-4-2-1-3-9(10)11(13-14-12)8-5-6-16-7-8/h1-7H,(H,14,15). The molecule has 0 amide bonds. The molecule has 1 aromatic carbocycles. The van der Waals surface area contributed by atoms with Crippen LogP contribution in [0.3, 0.4) is 0 Å². The normalized spacial score (nSPS) is 10.8. The van der Waals surface area contributed by atoms with Crippen LogP contribution in [0, 0.1) is 4.64 Å². The molecule has 0 radical (unpaired) electrons. The van der Waals surface area contributed by atoms with Crippen LogP contribution in [0.2, 0.25) is 0 Å². The van der Waals surface area contributed by atoms with Gasteiger partial charge in [0.25, 0.3) is 0 Å². The molecule has 3 rings (SSSR count). The van der Waals surface area contributed by atoms with Gasteiger partial charge in [-0.1, -0.05) is 36.5 Å². The van der Waals surface area contributed by atoms with Crippen molar-refractivity contribution in [1.29, 1.82) is 0 Å². The molecule has 2 nitrogen and oxygen atoms in total. The molecule has 2 heterocycles. The lowest BCUT2D eigenvalue weighted by molar-refractivity contribution is 1.04. The van der Waals surface area contributed by atoms with Crippen LogP contribution in [-0.2, 0) is 0 Å². The molecule has 0 fully saturated rings. The number of benzene rings is 1. The summed E-state index contributed by atoms with van der Waals surface area (Å²) in [6.45, 7) is 0. The van der Waals surface area contributed by atoms with Gasteiger partial charge in [-0.2, -0.15) is 16.4 Å². The highest BCUT2D eigenvalue weighted by Crippen LogP contribution is 2.27. The first-order chi connectivity index (χ1) is 7.86. The third-order valence-electron chi connectivity index (χ3n) is 2.49. The first kappa shape index (κ1) is 9.69. The molecule has 0 saturated carbocycles. The molecule has 0 spiro atoms. The lowest BCUT2D eigenvalue weighted by atomic mass is 10.1. The Bertz CT molecular complexity index is 684. The number of nitrogens with one attached hydrogen (secondary N) is 1. The van der Waals surface area contributed by atoms with Gasteiger partial charge >= 0.3 is 0 Å². The number of aromatic amines is 1. The largest absolute Gasteiger partial charge is 0.267 e. The Morgan fingerprint density at radius 2 is 1.94 bits per heavy atom. The second-order valence-corrected chi connectivity index (χ2v) is 4.65. The summed E-state index contributed by atoms with van der Waals surface area (Å²) in [5.41, 5.74) is 2.10. The van der Waals surface area contributed by atoms with Gasteiger partial charge in [0, 0.05) is 21.7 Å². The van der Waals surface area contributed by atoms with E-state index in [1.807, 2.05) is 23.6 Å². The average molecular weight is 244 g/mol. The van der Waals surface area contributed by atoms with E-state index >= 15 is 0 Å². The Hall–Kier alpha value is -1.52. The maximum atomic E-state index is 5.23. The number of H-pyrrole nitrogens is 1. The summed E-state index contributed by atoms with van der Waals surface area (Å²) in [4.78, 5) is 0. The number of hydrogen-bond donors (Lipinski definition) is 1. The van der Waals surface area contributed by atoms with E-state index in [4.69, 9.17) is 12.2 Å². The number of rotatable bonds is 1. The maximum absolute atomic E-state index is 5.23. The topological polar surface area (TPSA) is 28.7 Å². The molecule has 4 heteroatoms. The fourth-order valence-corrected chi connectivity index (χ4v) is 2.60. The molecule has 0 aliphatic rings. The van der Waals surface area contributed by atoms with Gasteiger partial charge in [-0.25, -0.2) is 0 Å². The highest BCUT2D eigenvalue weighted by molar-refractivity contribution is 7.71. The van der Waals surface area contributed by atoms with Crippen molar-refractivity contribution in [2.24, 2.45) is 0 Å². The highest BCUT2D eigenvalue weighted by Gasteiger charge is 2.06. The fourth-order valence-electron chi connectivity index (χ4n) is 1.73. The van der Waals surface area contributed by atoms with Gasteiger partial charge in [0.2, 0.25) is 0 Å². The minimum Gasteiger partial charge on any atom is -0.267 e. The lowest BCUT2D eigenvalue weighted by Crippen LogP contribution is -1.89. The van der Waals surface area contributed by atoms with Crippen LogP contribution in [0.5, 0.6) is 0 Å². The zero-order valence-corrected chi connectivity index (χ0v) is 9.94. The van der Waals surface area contributed by atoms with Crippen LogP contribution in [0.15, 0.2) is 41.1 Å². The number of fused-ring (bicyclic) bond motifs is 1. The molecule has 0 aliphatic carbocycles. The summed E-state index contributed by atoms with van der Waals surface area (Å²) >= 11 is 6.89. The summed E-state index contributed by atoms with van der Waals surface area (Å²) in [6, 6.07) is 10.1. The monoisotopic (exact) mass is 244 g/mol. The smallest absolute Gasteiger partial charge is 0.127 e. The van der Waals surface area contributed by atoms with Crippen LogP contribution >= 0.6 is 23.6 Å². The van der Waals surface area contributed by atoms with E-state index in [-0.39, 0.29) is 0 Å². The molecule has 0 saturated heterocycles. The van der Waals surface area contributed by atoms with Crippen LogP contribution in [0.1, 0.15) is 0 Å². The van der Waals surface area contributed by atoms with E-state index in [1.54, 1.807) is 11.3 Å². The second kappa shape index (κ2) is 3.81. The number of hydrogen-bond acceptors (Lipinski definition) is 3. The average Bonchev–Trinajstić information content (AvgIpc) is 2.83. The molecule has 0 atom stereocenters. The van der Waals surface area contributed by atoms with Gasteiger partial charge < -0.3 is 0 Å².